The molecule has 3 rings (SSSR count). The van der Waals surface area contributed by atoms with Crippen LogP contribution in [0.1, 0.15) is 10.5 Å². The summed E-state index contributed by atoms with van der Waals surface area (Å²) >= 11 is 1.73. The van der Waals surface area contributed by atoms with Gasteiger partial charge in [0.2, 0.25) is 11.5 Å². The van der Waals surface area contributed by atoms with Crippen molar-refractivity contribution in [1.82, 2.24) is 10.3 Å². The van der Waals surface area contributed by atoms with Crippen molar-refractivity contribution in [3.05, 3.63) is 30.0 Å². The highest BCUT2D eigenvalue weighted by Crippen LogP contribution is 2.35. The van der Waals surface area contributed by atoms with Gasteiger partial charge in [0.1, 0.15) is 0 Å². The molecule has 18 heavy (non-hydrogen) atoms. The van der Waals surface area contributed by atoms with E-state index >= 15 is 0 Å². The third-order valence-corrected chi connectivity index (χ3v) is 3.73. The van der Waals surface area contributed by atoms with Crippen LogP contribution in [0.2, 0.25) is 0 Å². The molecule has 0 saturated heterocycles. The molecule has 2 heterocycles. The first kappa shape index (κ1) is 11.1. The minimum Gasteiger partial charge on any atom is -0.379 e. The van der Waals surface area contributed by atoms with E-state index in [1.54, 1.807) is 16.7 Å². The van der Waals surface area contributed by atoms with E-state index in [1.165, 1.54) is 0 Å². The molecule has 1 amide bonds. The average Bonchev–Trinajstić information content (AvgIpc) is 2.83. The number of para-hydroxylation sites is 1. The number of nitrogens with zero attached hydrogens (tertiary/aromatic N) is 3. The first-order valence-electron chi connectivity index (χ1n) is 5.39. The molecule has 7 heteroatoms. The molecule has 6 nitrogen and oxygen atoms in total. The van der Waals surface area contributed by atoms with E-state index in [4.69, 9.17) is 5.73 Å². The molecular weight excluding hydrogens is 252 g/mol. The van der Waals surface area contributed by atoms with Crippen molar-refractivity contribution in [1.29, 1.82) is 0 Å². The summed E-state index contributed by atoms with van der Waals surface area (Å²) in [5, 5.41) is 6.98. The number of thioether (sulfide) groups is 1. The molecule has 2 N–H and O–H groups in total. The van der Waals surface area contributed by atoms with Gasteiger partial charge in [-0.05, 0) is 22.4 Å². The number of fused-ring (bicyclic) bond motifs is 1. The van der Waals surface area contributed by atoms with Crippen LogP contribution in [0.25, 0.3) is 0 Å². The number of hydrogen-bond acceptors (Lipinski definition) is 6. The van der Waals surface area contributed by atoms with Gasteiger partial charge in [-0.3, -0.25) is 4.79 Å². The summed E-state index contributed by atoms with van der Waals surface area (Å²) in [6.45, 7) is 0.618. The fourth-order valence-corrected chi connectivity index (χ4v) is 2.85. The van der Waals surface area contributed by atoms with Gasteiger partial charge in [0.15, 0.2) is 0 Å². The number of nitrogen functional groups attached to an aromatic ring is 1. The molecule has 0 spiro atoms. The molecule has 0 saturated carbocycles. The lowest BCUT2D eigenvalue weighted by molar-refractivity contribution is 0.0978. The van der Waals surface area contributed by atoms with Crippen LogP contribution in [0.3, 0.4) is 0 Å². The highest BCUT2D eigenvalue weighted by atomic mass is 32.2. The SMILES string of the molecule is Nc1nonc1C(=O)N1CCSc2ccccc21. The van der Waals surface area contributed by atoms with Gasteiger partial charge >= 0.3 is 0 Å². The van der Waals surface area contributed by atoms with Crippen molar-refractivity contribution in [2.24, 2.45) is 0 Å². The second-order valence-electron chi connectivity index (χ2n) is 3.77. The number of amides is 1. The number of rotatable bonds is 1. The molecule has 1 aromatic carbocycles. The highest BCUT2D eigenvalue weighted by Gasteiger charge is 2.27. The van der Waals surface area contributed by atoms with Crippen molar-refractivity contribution in [2.45, 2.75) is 4.90 Å². The maximum absolute atomic E-state index is 12.3. The quantitative estimate of drug-likeness (QED) is 0.836. The Balaban J connectivity index is 2.00. The lowest BCUT2D eigenvalue weighted by atomic mass is 10.2. The Bertz CT molecular complexity index is 598. The van der Waals surface area contributed by atoms with E-state index in [-0.39, 0.29) is 17.4 Å². The van der Waals surface area contributed by atoms with Gasteiger partial charge in [0.05, 0.1) is 5.69 Å². The molecule has 0 bridgehead atoms. The van der Waals surface area contributed by atoms with Gasteiger partial charge in [0.25, 0.3) is 5.91 Å². The second-order valence-corrected chi connectivity index (χ2v) is 4.91. The lowest BCUT2D eigenvalue weighted by Crippen LogP contribution is -2.36. The van der Waals surface area contributed by atoms with Crippen LogP contribution >= 0.6 is 11.8 Å². The third-order valence-electron chi connectivity index (χ3n) is 2.69. The molecule has 2 aromatic rings. The minimum absolute atomic E-state index is 0.0238. The molecule has 0 fully saturated rings. The topological polar surface area (TPSA) is 85.2 Å². The standard InChI is InChI=1S/C11H10N4O2S/c12-10-9(13-17-14-10)11(16)15-5-6-18-8-4-2-1-3-7(8)15/h1-4H,5-6H2,(H2,12,14). The Morgan fingerprint density at radius 1 is 1.39 bits per heavy atom. The van der Waals surface area contributed by atoms with E-state index in [2.05, 4.69) is 14.9 Å². The van der Waals surface area contributed by atoms with E-state index in [0.29, 0.717) is 6.54 Å². The zero-order chi connectivity index (χ0) is 12.5. The van der Waals surface area contributed by atoms with Gasteiger partial charge in [0, 0.05) is 17.2 Å². The fourth-order valence-electron chi connectivity index (χ4n) is 1.85. The van der Waals surface area contributed by atoms with E-state index < -0.39 is 0 Å². The summed E-state index contributed by atoms with van der Waals surface area (Å²) in [6.07, 6.45) is 0. The van der Waals surface area contributed by atoms with Gasteiger partial charge < -0.3 is 10.6 Å². The highest BCUT2D eigenvalue weighted by molar-refractivity contribution is 7.99. The molecule has 0 radical (unpaired) electrons. The third kappa shape index (κ3) is 1.72. The van der Waals surface area contributed by atoms with Crippen LogP contribution in [-0.2, 0) is 0 Å². The Labute approximate surface area is 107 Å². The first-order valence-corrected chi connectivity index (χ1v) is 6.37. The van der Waals surface area contributed by atoms with Gasteiger partial charge in [-0.15, -0.1) is 11.8 Å². The van der Waals surface area contributed by atoms with E-state index in [9.17, 15) is 4.79 Å². The van der Waals surface area contributed by atoms with Crippen LogP contribution in [-0.4, -0.2) is 28.5 Å². The summed E-state index contributed by atoms with van der Waals surface area (Å²) in [5.74, 6) is 0.589. The number of benzene rings is 1. The summed E-state index contributed by atoms with van der Waals surface area (Å²) in [5.41, 5.74) is 6.49. The Morgan fingerprint density at radius 2 is 2.22 bits per heavy atom. The Morgan fingerprint density at radius 3 is 3.00 bits per heavy atom. The van der Waals surface area contributed by atoms with Crippen LogP contribution in [0.4, 0.5) is 11.5 Å². The zero-order valence-corrected chi connectivity index (χ0v) is 10.2. The van der Waals surface area contributed by atoms with Gasteiger partial charge in [-0.25, -0.2) is 4.63 Å². The predicted octanol–water partition coefficient (Wildman–Crippen LogP) is 1.40. The van der Waals surface area contributed by atoms with Crippen molar-refractivity contribution in [2.75, 3.05) is 22.9 Å². The summed E-state index contributed by atoms with van der Waals surface area (Å²) < 4.78 is 4.47. The summed E-state index contributed by atoms with van der Waals surface area (Å²) in [6, 6.07) is 7.74. The normalized spacial score (nSPS) is 14.3. The summed E-state index contributed by atoms with van der Waals surface area (Å²) in [7, 11) is 0. The summed E-state index contributed by atoms with van der Waals surface area (Å²) in [4.78, 5) is 15.0. The van der Waals surface area contributed by atoms with Crippen molar-refractivity contribution in [3.8, 4) is 0 Å². The number of carbonyl (C=O) groups is 1. The Kier molecular flexibility index (Phi) is 2.67. The smallest absolute Gasteiger partial charge is 0.284 e. The molecule has 1 aliphatic rings. The first-order chi connectivity index (χ1) is 8.77. The average molecular weight is 262 g/mol. The van der Waals surface area contributed by atoms with E-state index in [0.717, 1.165) is 16.3 Å². The number of anilines is 2. The van der Waals surface area contributed by atoms with Crippen molar-refractivity contribution >= 4 is 29.2 Å². The monoisotopic (exact) mass is 262 g/mol. The number of aromatic nitrogens is 2. The van der Waals surface area contributed by atoms with Crippen molar-refractivity contribution in [3.63, 3.8) is 0 Å². The Hall–Kier alpha value is -2.02. The van der Waals surface area contributed by atoms with Gasteiger partial charge in [-0.2, -0.15) is 0 Å². The van der Waals surface area contributed by atoms with Crippen LogP contribution < -0.4 is 10.6 Å². The van der Waals surface area contributed by atoms with Crippen molar-refractivity contribution < 1.29 is 9.42 Å². The largest absolute Gasteiger partial charge is 0.379 e. The fraction of sp³-hybridized carbons (Fsp3) is 0.182. The number of nitrogens with two attached hydrogens (primary N) is 1. The molecular formula is C11H10N4O2S. The zero-order valence-electron chi connectivity index (χ0n) is 9.37. The van der Waals surface area contributed by atoms with Crippen LogP contribution in [0, 0.1) is 0 Å². The number of carbonyl (C=O) groups excluding carboxylic acids is 1. The molecule has 1 aliphatic heterocycles. The maximum atomic E-state index is 12.3. The molecule has 0 unspecified atom stereocenters. The van der Waals surface area contributed by atoms with Gasteiger partial charge in [-0.1, -0.05) is 12.1 Å². The lowest BCUT2D eigenvalue weighted by Gasteiger charge is -2.28. The number of hydrogen-bond donors (Lipinski definition) is 1. The van der Waals surface area contributed by atoms with E-state index in [1.807, 2.05) is 24.3 Å². The molecule has 0 atom stereocenters. The minimum atomic E-state index is -0.276. The predicted molar refractivity (Wildman–Crippen MR) is 67.6 cm³/mol. The van der Waals surface area contributed by atoms with Crippen LogP contribution in [0.5, 0.6) is 0 Å². The maximum Gasteiger partial charge on any atom is 0.284 e. The molecule has 92 valence electrons. The van der Waals surface area contributed by atoms with Crippen LogP contribution in [0.15, 0.2) is 33.8 Å². The second kappa shape index (κ2) is 4.34. The molecule has 0 aliphatic carbocycles. The molecule has 1 aromatic heterocycles.